The van der Waals surface area contributed by atoms with Crippen LogP contribution >= 0.6 is 0 Å². The molecule has 1 saturated carbocycles. The summed E-state index contributed by atoms with van der Waals surface area (Å²) in [7, 11) is 2.00. The number of carbonyl (C=O) groups is 1. The molecule has 0 aromatic heterocycles. The van der Waals surface area contributed by atoms with Gasteiger partial charge < -0.3 is 11.1 Å². The van der Waals surface area contributed by atoms with Crippen LogP contribution in [0.15, 0.2) is 24.3 Å². The first-order chi connectivity index (χ1) is 9.08. The molecule has 0 aliphatic heterocycles. The van der Waals surface area contributed by atoms with Crippen molar-refractivity contribution in [2.75, 3.05) is 25.5 Å². The minimum Gasteiger partial charge on any atom is -0.326 e. The van der Waals surface area contributed by atoms with Crippen molar-refractivity contribution >= 4 is 11.6 Å². The van der Waals surface area contributed by atoms with Crippen LogP contribution in [-0.4, -0.2) is 30.9 Å². The Morgan fingerprint density at radius 1 is 1.42 bits per heavy atom. The lowest BCUT2D eigenvalue weighted by molar-refractivity contribution is -0.117. The molecule has 19 heavy (non-hydrogen) atoms. The first-order valence-electron chi connectivity index (χ1n) is 6.86. The molecule has 1 amide bonds. The smallest absolute Gasteiger partial charge is 0.238 e. The molecular formula is C15H23N3O. The van der Waals surface area contributed by atoms with Gasteiger partial charge in [-0.1, -0.05) is 19.1 Å². The van der Waals surface area contributed by atoms with Crippen molar-refractivity contribution in [1.82, 2.24) is 4.90 Å². The zero-order valence-electron chi connectivity index (χ0n) is 11.7. The Labute approximate surface area is 115 Å². The van der Waals surface area contributed by atoms with Crippen molar-refractivity contribution in [2.24, 2.45) is 17.6 Å². The number of carbonyl (C=O) groups excluding carboxylic acids is 1. The summed E-state index contributed by atoms with van der Waals surface area (Å²) in [6, 6.07) is 7.66. The van der Waals surface area contributed by atoms with Gasteiger partial charge in [-0.3, -0.25) is 9.69 Å². The Kier molecular flexibility index (Phi) is 4.56. The maximum absolute atomic E-state index is 11.9. The SMILES string of the molecule is CC1CC1CN(C)CC(=O)Nc1ccc(CN)cc1. The first-order valence-corrected chi connectivity index (χ1v) is 6.86. The van der Waals surface area contributed by atoms with Crippen LogP contribution < -0.4 is 11.1 Å². The van der Waals surface area contributed by atoms with E-state index in [1.807, 2.05) is 31.3 Å². The molecule has 1 aliphatic rings. The highest BCUT2D eigenvalue weighted by molar-refractivity contribution is 5.92. The van der Waals surface area contributed by atoms with Gasteiger partial charge in [-0.05, 0) is 43.0 Å². The molecule has 1 aromatic carbocycles. The molecule has 0 heterocycles. The van der Waals surface area contributed by atoms with Crippen LogP contribution in [0.25, 0.3) is 0 Å². The van der Waals surface area contributed by atoms with Crippen molar-refractivity contribution in [3.63, 3.8) is 0 Å². The monoisotopic (exact) mass is 261 g/mol. The van der Waals surface area contributed by atoms with Crippen LogP contribution in [0.1, 0.15) is 18.9 Å². The predicted molar refractivity (Wildman–Crippen MR) is 77.7 cm³/mol. The third-order valence-electron chi connectivity index (χ3n) is 3.71. The third-order valence-corrected chi connectivity index (χ3v) is 3.71. The van der Waals surface area contributed by atoms with Crippen LogP contribution in [0.3, 0.4) is 0 Å². The summed E-state index contributed by atoms with van der Waals surface area (Å²) in [5.41, 5.74) is 7.43. The summed E-state index contributed by atoms with van der Waals surface area (Å²) in [6.45, 7) is 4.25. The van der Waals surface area contributed by atoms with E-state index < -0.39 is 0 Å². The van der Waals surface area contributed by atoms with Gasteiger partial charge in [-0.25, -0.2) is 0 Å². The lowest BCUT2D eigenvalue weighted by atomic mass is 10.2. The molecule has 2 unspecified atom stereocenters. The van der Waals surface area contributed by atoms with E-state index >= 15 is 0 Å². The number of hydrogen-bond donors (Lipinski definition) is 2. The van der Waals surface area contributed by atoms with Crippen molar-refractivity contribution < 1.29 is 4.79 Å². The van der Waals surface area contributed by atoms with E-state index in [0.717, 1.165) is 29.6 Å². The first kappa shape index (κ1) is 14.0. The van der Waals surface area contributed by atoms with Crippen molar-refractivity contribution in [3.05, 3.63) is 29.8 Å². The van der Waals surface area contributed by atoms with Gasteiger partial charge in [0.15, 0.2) is 0 Å². The van der Waals surface area contributed by atoms with Gasteiger partial charge in [-0.2, -0.15) is 0 Å². The Morgan fingerprint density at radius 2 is 2.05 bits per heavy atom. The van der Waals surface area contributed by atoms with E-state index in [1.165, 1.54) is 6.42 Å². The molecule has 4 heteroatoms. The molecule has 3 N–H and O–H groups in total. The number of rotatable bonds is 6. The van der Waals surface area contributed by atoms with Gasteiger partial charge in [0, 0.05) is 18.8 Å². The molecule has 1 aromatic rings. The zero-order chi connectivity index (χ0) is 13.8. The summed E-state index contributed by atoms with van der Waals surface area (Å²) in [6.07, 6.45) is 1.30. The average Bonchev–Trinajstić information content (AvgIpc) is 3.05. The fourth-order valence-corrected chi connectivity index (χ4v) is 2.29. The van der Waals surface area contributed by atoms with E-state index in [4.69, 9.17) is 5.73 Å². The van der Waals surface area contributed by atoms with Gasteiger partial charge in [-0.15, -0.1) is 0 Å². The average molecular weight is 261 g/mol. The summed E-state index contributed by atoms with van der Waals surface area (Å²) in [4.78, 5) is 14.0. The van der Waals surface area contributed by atoms with Crippen molar-refractivity contribution in [2.45, 2.75) is 19.9 Å². The second-order valence-corrected chi connectivity index (χ2v) is 5.62. The number of nitrogens with zero attached hydrogens (tertiary/aromatic N) is 1. The van der Waals surface area contributed by atoms with Crippen molar-refractivity contribution in [3.8, 4) is 0 Å². The fourth-order valence-electron chi connectivity index (χ4n) is 2.29. The van der Waals surface area contributed by atoms with Gasteiger partial charge >= 0.3 is 0 Å². The Morgan fingerprint density at radius 3 is 2.58 bits per heavy atom. The van der Waals surface area contributed by atoms with E-state index in [-0.39, 0.29) is 5.91 Å². The number of hydrogen-bond acceptors (Lipinski definition) is 3. The predicted octanol–water partition coefficient (Wildman–Crippen LogP) is 1.67. The van der Waals surface area contributed by atoms with E-state index in [0.29, 0.717) is 13.1 Å². The number of likely N-dealkylation sites (N-methyl/N-ethyl adjacent to an activating group) is 1. The number of nitrogens with one attached hydrogen (secondary N) is 1. The van der Waals surface area contributed by atoms with Gasteiger partial charge in [0.25, 0.3) is 0 Å². The van der Waals surface area contributed by atoms with Crippen LogP contribution in [-0.2, 0) is 11.3 Å². The van der Waals surface area contributed by atoms with E-state index in [9.17, 15) is 4.79 Å². The molecule has 1 aliphatic carbocycles. The number of amides is 1. The van der Waals surface area contributed by atoms with Crippen LogP contribution in [0.2, 0.25) is 0 Å². The molecule has 2 rings (SSSR count). The number of benzene rings is 1. The normalized spacial score (nSPS) is 21.5. The topological polar surface area (TPSA) is 58.4 Å². The van der Waals surface area contributed by atoms with E-state index in [2.05, 4.69) is 17.1 Å². The quantitative estimate of drug-likeness (QED) is 0.819. The van der Waals surface area contributed by atoms with E-state index in [1.54, 1.807) is 0 Å². The maximum atomic E-state index is 11.9. The molecule has 1 fully saturated rings. The highest BCUT2D eigenvalue weighted by Gasteiger charge is 2.33. The Bertz CT molecular complexity index is 430. The molecule has 0 radical (unpaired) electrons. The lowest BCUT2D eigenvalue weighted by Gasteiger charge is -2.16. The summed E-state index contributed by atoms with van der Waals surface area (Å²) < 4.78 is 0. The largest absolute Gasteiger partial charge is 0.326 e. The highest BCUT2D eigenvalue weighted by atomic mass is 16.2. The molecule has 0 bridgehead atoms. The second-order valence-electron chi connectivity index (χ2n) is 5.62. The zero-order valence-corrected chi connectivity index (χ0v) is 11.7. The molecule has 0 saturated heterocycles. The standard InChI is InChI=1S/C15H23N3O/c1-11-7-13(11)9-18(2)10-15(19)17-14-5-3-12(8-16)4-6-14/h3-6,11,13H,7-10,16H2,1-2H3,(H,17,19). The molecule has 0 spiro atoms. The Balaban J connectivity index is 1.76. The highest BCUT2D eigenvalue weighted by Crippen LogP contribution is 2.37. The lowest BCUT2D eigenvalue weighted by Crippen LogP contribution is -2.31. The number of anilines is 1. The minimum atomic E-state index is 0.0382. The number of nitrogens with two attached hydrogens (primary N) is 1. The van der Waals surface area contributed by atoms with Gasteiger partial charge in [0.05, 0.1) is 6.54 Å². The van der Waals surface area contributed by atoms with Crippen molar-refractivity contribution in [1.29, 1.82) is 0 Å². The molecular weight excluding hydrogens is 238 g/mol. The molecule has 2 atom stereocenters. The summed E-state index contributed by atoms with van der Waals surface area (Å²) >= 11 is 0. The maximum Gasteiger partial charge on any atom is 0.238 e. The van der Waals surface area contributed by atoms with Crippen LogP contribution in [0.5, 0.6) is 0 Å². The summed E-state index contributed by atoms with van der Waals surface area (Å²) in [5, 5.41) is 2.91. The molecule has 104 valence electrons. The fraction of sp³-hybridized carbons (Fsp3) is 0.533. The van der Waals surface area contributed by atoms with Gasteiger partial charge in [0.2, 0.25) is 5.91 Å². The summed E-state index contributed by atoms with van der Waals surface area (Å²) in [5.74, 6) is 1.65. The van der Waals surface area contributed by atoms with Crippen LogP contribution in [0.4, 0.5) is 5.69 Å². The minimum absolute atomic E-state index is 0.0382. The second kappa shape index (κ2) is 6.17. The molecule has 4 nitrogen and oxygen atoms in total. The third kappa shape index (κ3) is 4.33. The van der Waals surface area contributed by atoms with Crippen LogP contribution in [0, 0.1) is 11.8 Å². The van der Waals surface area contributed by atoms with Gasteiger partial charge in [0.1, 0.15) is 0 Å². The Hall–Kier alpha value is -1.39.